The van der Waals surface area contributed by atoms with Crippen molar-refractivity contribution in [3.05, 3.63) is 115 Å². The van der Waals surface area contributed by atoms with E-state index in [4.69, 9.17) is 0 Å². The van der Waals surface area contributed by atoms with Gasteiger partial charge in [-0.1, -0.05) is 67.8 Å². The molecule has 0 unspecified atom stereocenters. The van der Waals surface area contributed by atoms with Gasteiger partial charge in [0, 0.05) is 58.5 Å². The van der Waals surface area contributed by atoms with Crippen LogP contribution in [0.1, 0.15) is 67.8 Å². The molecule has 4 aliphatic rings. The van der Waals surface area contributed by atoms with E-state index in [-0.39, 0.29) is 18.1 Å². The normalized spacial score (nSPS) is 20.7. The Balaban J connectivity index is 1.27. The van der Waals surface area contributed by atoms with Gasteiger partial charge in [-0.05, 0) is 71.5 Å². The third-order valence-corrected chi connectivity index (χ3v) is 18.1. The number of nitriles is 2. The number of aliphatic imine (C=N–C) groups is 1. The highest BCUT2D eigenvalue weighted by Crippen LogP contribution is 2.48. The van der Waals surface area contributed by atoms with Crippen LogP contribution in [0, 0.1) is 22.7 Å². The van der Waals surface area contributed by atoms with Crippen LogP contribution in [-0.4, -0.2) is 32.9 Å². The second-order valence-corrected chi connectivity index (χ2v) is 19.2. The van der Waals surface area contributed by atoms with Gasteiger partial charge in [-0.25, -0.2) is 0 Å². The lowest BCUT2D eigenvalue weighted by atomic mass is 9.98. The van der Waals surface area contributed by atoms with E-state index in [1.165, 1.54) is 51.5 Å². The maximum absolute atomic E-state index is 13.8. The van der Waals surface area contributed by atoms with Crippen LogP contribution in [0.2, 0.25) is 12.1 Å². The SMILES string of the molecule is C=NCC(C#N)=C1/C(=C/c2cc3c(s2)-c2sc(/C=C4\C(=O)c5ccccc5\C4=C(\C)C#N)cc2[Si]32CCCCC2)C(=O)c2ccccc21. The molecule has 2 aromatic carbocycles. The second-order valence-electron chi connectivity index (χ2n) is 12.8. The molecule has 2 aromatic heterocycles. The third-order valence-electron chi connectivity index (χ3n) is 10.2. The standard InChI is InChI=1S/C40H29N3O2S2Si/c1-23(20-41)35-27-10-4-6-12-29(27)37(44)31(35)16-25-18-33-39(46-25)40-34(48(33)14-8-3-9-15-48)19-26(47-40)17-32-36(24(21-42)22-43-2)28-11-5-7-13-30(28)38(32)45/h4-7,10-13,16-19H,2-3,8-9,14-15,22H2,1H3/b31-16-,32-17-,35-23+,36-24?. The summed E-state index contributed by atoms with van der Waals surface area (Å²) >= 11 is 3.46. The van der Waals surface area contributed by atoms with E-state index in [0.29, 0.717) is 39.0 Å². The van der Waals surface area contributed by atoms with Crippen molar-refractivity contribution >= 4 is 82.7 Å². The Hall–Kier alpha value is -4.99. The van der Waals surface area contributed by atoms with Gasteiger partial charge in [0.1, 0.15) is 8.07 Å². The first-order valence-electron chi connectivity index (χ1n) is 16.1. The molecule has 1 fully saturated rings. The van der Waals surface area contributed by atoms with Crippen molar-refractivity contribution < 1.29 is 9.59 Å². The van der Waals surface area contributed by atoms with E-state index in [0.717, 1.165) is 26.5 Å². The maximum atomic E-state index is 13.8. The Morgan fingerprint density at radius 3 is 1.79 bits per heavy atom. The number of carbonyl (C=O) groups excluding carboxylic acids is 2. The molecule has 0 saturated carbocycles. The lowest BCUT2D eigenvalue weighted by Gasteiger charge is -2.32. The van der Waals surface area contributed by atoms with E-state index in [9.17, 15) is 20.1 Å². The molecule has 8 heteroatoms. The van der Waals surface area contributed by atoms with Crippen LogP contribution in [0.25, 0.3) is 33.1 Å². The Bertz CT molecular complexity index is 2340. The highest BCUT2D eigenvalue weighted by molar-refractivity contribution is 7.29. The average Bonchev–Trinajstić information content (AvgIpc) is 3.90. The summed E-state index contributed by atoms with van der Waals surface area (Å²) < 4.78 is 0. The van der Waals surface area contributed by atoms with Crippen LogP contribution < -0.4 is 10.4 Å². The van der Waals surface area contributed by atoms with Crippen molar-refractivity contribution in [1.29, 1.82) is 10.5 Å². The van der Waals surface area contributed by atoms with Crippen molar-refractivity contribution in [2.24, 2.45) is 4.99 Å². The van der Waals surface area contributed by atoms with Gasteiger partial charge in [0.15, 0.2) is 11.6 Å². The van der Waals surface area contributed by atoms with Crippen molar-refractivity contribution in [2.75, 3.05) is 6.54 Å². The van der Waals surface area contributed by atoms with Crippen molar-refractivity contribution in [3.63, 3.8) is 0 Å². The third kappa shape index (κ3) is 4.41. The molecular weight excluding hydrogens is 647 g/mol. The number of Topliss-reactive ketones (excluding diaryl/α,β-unsaturated/α-hetero) is 2. The van der Waals surface area contributed by atoms with Crippen LogP contribution in [0.4, 0.5) is 0 Å². The first kappa shape index (κ1) is 30.3. The summed E-state index contributed by atoms with van der Waals surface area (Å²) in [5.74, 6) is -0.103. The summed E-state index contributed by atoms with van der Waals surface area (Å²) in [7, 11) is -2.06. The zero-order chi connectivity index (χ0) is 33.2. The van der Waals surface area contributed by atoms with Gasteiger partial charge in [0.2, 0.25) is 0 Å². The number of thiophene rings is 2. The molecule has 1 saturated heterocycles. The van der Waals surface area contributed by atoms with Gasteiger partial charge >= 0.3 is 0 Å². The number of benzene rings is 2. The van der Waals surface area contributed by atoms with E-state index in [2.05, 4.69) is 36.0 Å². The number of rotatable bonds is 4. The number of nitrogens with zero attached hydrogens (tertiary/aromatic N) is 3. The molecule has 1 spiro atoms. The molecule has 5 nitrogen and oxygen atoms in total. The fourth-order valence-corrected chi connectivity index (χ4v) is 17.4. The largest absolute Gasteiger partial charge is 0.295 e. The van der Waals surface area contributed by atoms with Gasteiger partial charge < -0.3 is 0 Å². The Kier molecular flexibility index (Phi) is 7.34. The Morgan fingerprint density at radius 1 is 0.792 bits per heavy atom. The predicted octanol–water partition coefficient (Wildman–Crippen LogP) is 8.37. The molecule has 0 radical (unpaired) electrons. The van der Waals surface area contributed by atoms with Gasteiger partial charge in [0.25, 0.3) is 0 Å². The van der Waals surface area contributed by atoms with Crippen LogP contribution in [-0.2, 0) is 0 Å². The van der Waals surface area contributed by atoms with E-state index < -0.39 is 8.07 Å². The van der Waals surface area contributed by atoms with Crippen molar-refractivity contribution in [2.45, 2.75) is 38.3 Å². The highest BCUT2D eigenvalue weighted by atomic mass is 32.1. The van der Waals surface area contributed by atoms with Gasteiger partial charge in [-0.3, -0.25) is 14.6 Å². The van der Waals surface area contributed by atoms with E-state index in [1.807, 2.05) is 60.7 Å². The fourth-order valence-electron chi connectivity index (χ4n) is 8.08. The number of allylic oxidation sites excluding steroid dienone is 5. The van der Waals surface area contributed by atoms with Crippen LogP contribution >= 0.6 is 22.7 Å². The molecule has 0 amide bonds. The van der Waals surface area contributed by atoms with Crippen LogP contribution in [0.3, 0.4) is 0 Å². The molecule has 0 bridgehead atoms. The Morgan fingerprint density at radius 2 is 1.29 bits per heavy atom. The molecule has 232 valence electrons. The molecule has 2 aliphatic carbocycles. The number of carbonyl (C=O) groups is 2. The Labute approximate surface area is 288 Å². The van der Waals surface area contributed by atoms with E-state index in [1.54, 1.807) is 29.6 Å². The fraction of sp³-hybridized carbons (Fsp3) is 0.175. The van der Waals surface area contributed by atoms with Crippen molar-refractivity contribution in [3.8, 4) is 21.9 Å². The van der Waals surface area contributed by atoms with Gasteiger partial charge in [0.05, 0.1) is 24.3 Å². The average molecular weight is 676 g/mol. The molecule has 48 heavy (non-hydrogen) atoms. The molecule has 4 aromatic rings. The molecule has 8 rings (SSSR count). The zero-order valence-electron chi connectivity index (χ0n) is 26.4. The summed E-state index contributed by atoms with van der Waals surface area (Å²) in [4.78, 5) is 36.0. The molecule has 2 aliphatic heterocycles. The lowest BCUT2D eigenvalue weighted by molar-refractivity contribution is 0.103. The molecule has 4 heterocycles. The monoisotopic (exact) mass is 675 g/mol. The minimum Gasteiger partial charge on any atom is -0.295 e. The highest BCUT2D eigenvalue weighted by Gasteiger charge is 2.48. The summed E-state index contributed by atoms with van der Waals surface area (Å²) in [5, 5.41) is 22.8. The topological polar surface area (TPSA) is 94.1 Å². The quantitative estimate of drug-likeness (QED) is 0.0940. The number of ketones is 2. The summed E-state index contributed by atoms with van der Waals surface area (Å²) in [6, 6.07) is 26.7. The maximum Gasteiger partial charge on any atom is 0.194 e. The summed E-state index contributed by atoms with van der Waals surface area (Å²) in [5.41, 5.74) is 6.37. The number of hydrogen-bond acceptors (Lipinski definition) is 7. The number of hydrogen-bond donors (Lipinski definition) is 0. The first-order chi connectivity index (χ1) is 23.4. The molecule has 0 atom stereocenters. The van der Waals surface area contributed by atoms with Crippen LogP contribution in [0.15, 0.2) is 87.9 Å². The van der Waals surface area contributed by atoms with Crippen molar-refractivity contribution in [1.82, 2.24) is 0 Å². The molecular formula is C40H29N3O2S2Si. The van der Waals surface area contributed by atoms with Crippen LogP contribution in [0.5, 0.6) is 0 Å². The molecule has 0 N–H and O–H groups in total. The minimum absolute atomic E-state index is 0.0337. The second kappa shape index (κ2) is 11.6. The van der Waals surface area contributed by atoms with Gasteiger partial charge in [-0.15, -0.1) is 22.7 Å². The number of fused-ring (bicyclic) bond motifs is 7. The first-order valence-corrected chi connectivity index (χ1v) is 20.1. The smallest absolute Gasteiger partial charge is 0.194 e. The minimum atomic E-state index is -2.06. The predicted molar refractivity (Wildman–Crippen MR) is 199 cm³/mol. The summed E-state index contributed by atoms with van der Waals surface area (Å²) in [6.45, 7) is 5.54. The van der Waals surface area contributed by atoms with E-state index >= 15 is 0 Å². The summed E-state index contributed by atoms with van der Waals surface area (Å²) in [6.07, 6.45) is 7.63. The van der Waals surface area contributed by atoms with Gasteiger partial charge in [-0.2, -0.15) is 10.5 Å². The lowest BCUT2D eigenvalue weighted by Crippen LogP contribution is -2.55. The zero-order valence-corrected chi connectivity index (χ0v) is 29.0.